The summed E-state index contributed by atoms with van der Waals surface area (Å²) in [7, 11) is 0. The molecule has 0 saturated carbocycles. The zero-order valence-electron chi connectivity index (χ0n) is 7.26. The molecule has 1 aromatic rings. The summed E-state index contributed by atoms with van der Waals surface area (Å²) in [6.45, 7) is 3.83. The van der Waals surface area contributed by atoms with E-state index in [0.29, 0.717) is 5.56 Å². The van der Waals surface area contributed by atoms with Gasteiger partial charge in [-0.2, -0.15) is 5.26 Å². The molecule has 0 radical (unpaired) electrons. The normalized spacial score (nSPS) is 9.50. The van der Waals surface area contributed by atoms with Crippen molar-refractivity contribution in [3.8, 4) is 6.07 Å². The third kappa shape index (κ3) is 1.46. The minimum Gasteiger partial charge on any atom is -0.392 e. The van der Waals surface area contributed by atoms with Gasteiger partial charge in [0.2, 0.25) is 0 Å². The highest BCUT2D eigenvalue weighted by molar-refractivity contribution is 5.43. The monoisotopic (exact) mass is 161 g/mol. The van der Waals surface area contributed by atoms with Crippen molar-refractivity contribution < 1.29 is 5.11 Å². The molecule has 0 unspecified atom stereocenters. The molecule has 62 valence electrons. The Kier molecular flexibility index (Phi) is 2.47. The number of hydrogen-bond acceptors (Lipinski definition) is 2. The van der Waals surface area contributed by atoms with E-state index in [9.17, 15) is 0 Å². The Balaban J connectivity index is 3.30. The van der Waals surface area contributed by atoms with Crippen LogP contribution in [0, 0.1) is 25.2 Å². The molecule has 1 N–H and O–H groups in total. The minimum atomic E-state index is 0.000787. The van der Waals surface area contributed by atoms with Crippen LogP contribution in [0.2, 0.25) is 0 Å². The highest BCUT2D eigenvalue weighted by Crippen LogP contribution is 2.14. The van der Waals surface area contributed by atoms with Gasteiger partial charge >= 0.3 is 0 Å². The third-order valence-corrected chi connectivity index (χ3v) is 1.97. The van der Waals surface area contributed by atoms with E-state index in [1.807, 2.05) is 19.9 Å². The summed E-state index contributed by atoms with van der Waals surface area (Å²) in [6.07, 6.45) is 0. The first kappa shape index (κ1) is 8.76. The van der Waals surface area contributed by atoms with Gasteiger partial charge in [0, 0.05) is 0 Å². The summed E-state index contributed by atoms with van der Waals surface area (Å²) >= 11 is 0. The molecule has 0 fully saturated rings. The predicted molar refractivity (Wildman–Crippen MR) is 46.6 cm³/mol. The summed E-state index contributed by atoms with van der Waals surface area (Å²) in [5, 5.41) is 17.6. The average molecular weight is 161 g/mol. The van der Waals surface area contributed by atoms with Crippen molar-refractivity contribution in [1.29, 1.82) is 5.26 Å². The van der Waals surface area contributed by atoms with Crippen LogP contribution >= 0.6 is 0 Å². The van der Waals surface area contributed by atoms with E-state index < -0.39 is 0 Å². The SMILES string of the molecule is Cc1cc(C)c(CO)cc1C#N. The second kappa shape index (κ2) is 3.38. The Bertz CT molecular complexity index is 336. The highest BCUT2D eigenvalue weighted by Gasteiger charge is 2.02. The quantitative estimate of drug-likeness (QED) is 0.680. The predicted octanol–water partition coefficient (Wildman–Crippen LogP) is 1.67. The van der Waals surface area contributed by atoms with Crippen LogP contribution in [-0.4, -0.2) is 5.11 Å². The first-order chi connectivity index (χ1) is 5.69. The van der Waals surface area contributed by atoms with E-state index in [-0.39, 0.29) is 6.61 Å². The standard InChI is InChI=1S/C10H11NO/c1-7-3-8(2)10(6-12)4-9(7)5-11/h3-4,12H,6H2,1-2H3. The lowest BCUT2D eigenvalue weighted by molar-refractivity contribution is 0.281. The maximum absolute atomic E-state index is 8.92. The van der Waals surface area contributed by atoms with Gasteiger partial charge in [-0.15, -0.1) is 0 Å². The first-order valence-corrected chi connectivity index (χ1v) is 3.80. The van der Waals surface area contributed by atoms with Crippen LogP contribution in [0.15, 0.2) is 12.1 Å². The van der Waals surface area contributed by atoms with Crippen LogP contribution in [-0.2, 0) is 6.61 Å². The fourth-order valence-corrected chi connectivity index (χ4v) is 1.19. The van der Waals surface area contributed by atoms with E-state index in [2.05, 4.69) is 6.07 Å². The summed E-state index contributed by atoms with van der Waals surface area (Å²) in [6, 6.07) is 5.75. The second-order valence-corrected chi connectivity index (χ2v) is 2.86. The number of aryl methyl sites for hydroxylation is 2. The van der Waals surface area contributed by atoms with Crippen molar-refractivity contribution in [2.24, 2.45) is 0 Å². The number of rotatable bonds is 1. The van der Waals surface area contributed by atoms with Crippen molar-refractivity contribution >= 4 is 0 Å². The Morgan fingerprint density at radius 2 is 2.00 bits per heavy atom. The lowest BCUT2D eigenvalue weighted by Crippen LogP contribution is -1.92. The zero-order chi connectivity index (χ0) is 9.14. The largest absolute Gasteiger partial charge is 0.392 e. The van der Waals surface area contributed by atoms with Gasteiger partial charge in [0.05, 0.1) is 18.2 Å². The maximum atomic E-state index is 8.92. The molecule has 2 heteroatoms. The number of hydrogen-bond donors (Lipinski definition) is 1. The second-order valence-electron chi connectivity index (χ2n) is 2.86. The van der Waals surface area contributed by atoms with E-state index in [4.69, 9.17) is 10.4 Å². The Labute approximate surface area is 72.1 Å². The fraction of sp³-hybridized carbons (Fsp3) is 0.300. The Morgan fingerprint density at radius 1 is 1.33 bits per heavy atom. The van der Waals surface area contributed by atoms with Crippen molar-refractivity contribution in [1.82, 2.24) is 0 Å². The van der Waals surface area contributed by atoms with Crippen LogP contribution in [0.5, 0.6) is 0 Å². The smallest absolute Gasteiger partial charge is 0.0994 e. The molecule has 0 spiro atoms. The van der Waals surface area contributed by atoms with Crippen LogP contribution in [0.4, 0.5) is 0 Å². The number of benzene rings is 1. The van der Waals surface area contributed by atoms with Gasteiger partial charge in [-0.05, 0) is 36.6 Å². The molecule has 12 heavy (non-hydrogen) atoms. The van der Waals surface area contributed by atoms with Gasteiger partial charge in [-0.3, -0.25) is 0 Å². The molecule has 0 aliphatic carbocycles. The number of aliphatic hydroxyl groups is 1. The molecule has 2 nitrogen and oxygen atoms in total. The van der Waals surface area contributed by atoms with E-state index >= 15 is 0 Å². The lowest BCUT2D eigenvalue weighted by atomic mass is 10.0. The van der Waals surface area contributed by atoms with Crippen LogP contribution in [0.1, 0.15) is 22.3 Å². The minimum absolute atomic E-state index is 0.000787. The molecular formula is C10H11NO. The van der Waals surface area contributed by atoms with Gasteiger partial charge in [-0.1, -0.05) is 6.07 Å². The van der Waals surface area contributed by atoms with Gasteiger partial charge in [0.1, 0.15) is 0 Å². The lowest BCUT2D eigenvalue weighted by Gasteiger charge is -2.04. The first-order valence-electron chi connectivity index (χ1n) is 3.80. The summed E-state index contributed by atoms with van der Waals surface area (Å²) < 4.78 is 0. The van der Waals surface area contributed by atoms with Crippen molar-refractivity contribution in [3.63, 3.8) is 0 Å². The van der Waals surface area contributed by atoms with Crippen molar-refractivity contribution in [2.45, 2.75) is 20.5 Å². The average Bonchev–Trinajstić information content (AvgIpc) is 2.05. The number of nitriles is 1. The molecule has 0 saturated heterocycles. The van der Waals surface area contributed by atoms with E-state index in [1.165, 1.54) is 0 Å². The zero-order valence-corrected chi connectivity index (χ0v) is 7.26. The third-order valence-electron chi connectivity index (χ3n) is 1.97. The molecule has 1 aromatic carbocycles. The summed E-state index contributed by atoms with van der Waals surface area (Å²) in [5.41, 5.74) is 3.48. The molecule has 0 bridgehead atoms. The van der Waals surface area contributed by atoms with E-state index in [0.717, 1.165) is 16.7 Å². The van der Waals surface area contributed by atoms with Crippen molar-refractivity contribution in [3.05, 3.63) is 34.4 Å². The summed E-state index contributed by atoms with van der Waals surface area (Å²) in [4.78, 5) is 0. The fourth-order valence-electron chi connectivity index (χ4n) is 1.19. The van der Waals surface area contributed by atoms with Gasteiger partial charge in [0.15, 0.2) is 0 Å². The Morgan fingerprint density at radius 3 is 2.50 bits per heavy atom. The molecule has 0 amide bonds. The molecular weight excluding hydrogens is 150 g/mol. The van der Waals surface area contributed by atoms with Crippen LogP contribution < -0.4 is 0 Å². The molecule has 0 aliphatic rings. The van der Waals surface area contributed by atoms with Gasteiger partial charge < -0.3 is 5.11 Å². The van der Waals surface area contributed by atoms with Crippen LogP contribution in [0.3, 0.4) is 0 Å². The van der Waals surface area contributed by atoms with Gasteiger partial charge in [0.25, 0.3) is 0 Å². The number of nitrogens with zero attached hydrogens (tertiary/aromatic N) is 1. The Hall–Kier alpha value is -1.33. The van der Waals surface area contributed by atoms with Crippen LogP contribution in [0.25, 0.3) is 0 Å². The van der Waals surface area contributed by atoms with E-state index in [1.54, 1.807) is 6.07 Å². The molecule has 0 heterocycles. The maximum Gasteiger partial charge on any atom is 0.0994 e. The highest BCUT2D eigenvalue weighted by atomic mass is 16.3. The van der Waals surface area contributed by atoms with Crippen molar-refractivity contribution in [2.75, 3.05) is 0 Å². The topological polar surface area (TPSA) is 44.0 Å². The summed E-state index contributed by atoms with van der Waals surface area (Å²) in [5.74, 6) is 0. The molecule has 0 atom stereocenters. The molecule has 1 rings (SSSR count). The molecule has 0 aromatic heterocycles. The molecule has 0 aliphatic heterocycles. The number of aliphatic hydroxyl groups excluding tert-OH is 1. The van der Waals surface area contributed by atoms with Gasteiger partial charge in [-0.25, -0.2) is 0 Å².